The molecule has 0 aliphatic rings. The van der Waals surface area contributed by atoms with Crippen molar-refractivity contribution in [3.05, 3.63) is 18.5 Å². The normalized spacial score (nSPS) is 10.3. The largest absolute Gasteiger partial charge is 0.473 e. The van der Waals surface area contributed by atoms with Gasteiger partial charge >= 0.3 is 0 Å². The second-order valence-corrected chi connectivity index (χ2v) is 3.75. The summed E-state index contributed by atoms with van der Waals surface area (Å²) in [6.07, 6.45) is 5.62. The maximum absolute atomic E-state index is 5.50. The first-order chi connectivity index (χ1) is 7.90. The molecule has 2 heterocycles. The van der Waals surface area contributed by atoms with Crippen LogP contribution in [-0.2, 0) is 0 Å². The topological polar surface area (TPSA) is 60.0 Å². The van der Waals surface area contributed by atoms with E-state index in [2.05, 4.69) is 20.7 Å². The predicted octanol–water partition coefficient (Wildman–Crippen LogP) is 2.84. The molecular formula is C10H13N3O2S. The van der Waals surface area contributed by atoms with Crippen LogP contribution in [0.15, 0.2) is 18.5 Å². The van der Waals surface area contributed by atoms with Crippen LogP contribution < -0.4 is 9.47 Å². The molecular weight excluding hydrogens is 226 g/mol. The molecule has 16 heavy (non-hydrogen) atoms. The molecule has 0 bridgehead atoms. The molecule has 2 aromatic heterocycles. The first kappa shape index (κ1) is 10.9. The minimum absolute atomic E-state index is 0.431. The van der Waals surface area contributed by atoms with Crippen molar-refractivity contribution in [2.24, 2.45) is 0 Å². The van der Waals surface area contributed by atoms with Crippen LogP contribution in [0.3, 0.4) is 0 Å². The van der Waals surface area contributed by atoms with Crippen molar-refractivity contribution in [2.45, 2.75) is 19.8 Å². The van der Waals surface area contributed by atoms with Gasteiger partial charge in [0.25, 0.3) is 11.8 Å². The number of aromatic amines is 1. The molecule has 0 atom stereocenters. The summed E-state index contributed by atoms with van der Waals surface area (Å²) in [5.74, 6) is 1.60. The van der Waals surface area contributed by atoms with Gasteiger partial charge in [-0.3, -0.25) is 0 Å². The van der Waals surface area contributed by atoms with E-state index in [-0.39, 0.29) is 0 Å². The Labute approximate surface area is 97.7 Å². The van der Waals surface area contributed by atoms with Crippen molar-refractivity contribution >= 4 is 11.7 Å². The molecule has 86 valence electrons. The van der Waals surface area contributed by atoms with Crippen molar-refractivity contribution in [1.29, 1.82) is 0 Å². The van der Waals surface area contributed by atoms with E-state index in [4.69, 9.17) is 9.47 Å². The second-order valence-electron chi connectivity index (χ2n) is 3.23. The Kier molecular flexibility index (Phi) is 3.76. The zero-order valence-electron chi connectivity index (χ0n) is 8.97. The Bertz CT molecular complexity index is 413. The Morgan fingerprint density at radius 1 is 1.38 bits per heavy atom. The first-order valence-electron chi connectivity index (χ1n) is 5.16. The number of nitrogens with one attached hydrogen (secondary N) is 1. The quantitative estimate of drug-likeness (QED) is 0.787. The molecule has 0 amide bonds. The van der Waals surface area contributed by atoms with E-state index in [1.54, 1.807) is 12.4 Å². The van der Waals surface area contributed by atoms with Crippen LogP contribution in [0.1, 0.15) is 19.8 Å². The van der Waals surface area contributed by atoms with Crippen molar-refractivity contribution in [1.82, 2.24) is 13.7 Å². The fraction of sp³-hybridized carbons (Fsp3) is 0.400. The number of rotatable bonds is 6. The molecule has 0 aliphatic carbocycles. The standard InChI is InChI=1S/C10H13N3O2S/c1-2-3-6-14-9-10(13-16-12-9)15-8-4-5-11-7-8/h4-5,7,11H,2-3,6H2,1H3. The van der Waals surface area contributed by atoms with E-state index < -0.39 is 0 Å². The maximum atomic E-state index is 5.50. The average molecular weight is 239 g/mol. The third-order valence-electron chi connectivity index (χ3n) is 1.95. The molecule has 0 unspecified atom stereocenters. The van der Waals surface area contributed by atoms with Crippen molar-refractivity contribution in [2.75, 3.05) is 6.61 Å². The van der Waals surface area contributed by atoms with Crippen LogP contribution in [0.2, 0.25) is 0 Å². The molecule has 0 spiro atoms. The van der Waals surface area contributed by atoms with Gasteiger partial charge in [-0.05, 0) is 12.5 Å². The lowest BCUT2D eigenvalue weighted by Gasteiger charge is -2.03. The summed E-state index contributed by atoms with van der Waals surface area (Å²) in [6, 6.07) is 1.81. The van der Waals surface area contributed by atoms with Gasteiger partial charge in [0, 0.05) is 12.4 Å². The highest BCUT2D eigenvalue weighted by molar-refractivity contribution is 6.99. The zero-order valence-corrected chi connectivity index (χ0v) is 9.79. The minimum Gasteiger partial charge on any atom is -0.473 e. The van der Waals surface area contributed by atoms with Gasteiger partial charge in [0.2, 0.25) is 0 Å². The summed E-state index contributed by atoms with van der Waals surface area (Å²) in [5.41, 5.74) is 0. The van der Waals surface area contributed by atoms with Crippen LogP contribution >= 0.6 is 11.7 Å². The molecule has 0 saturated heterocycles. The van der Waals surface area contributed by atoms with Crippen LogP contribution in [0.4, 0.5) is 0 Å². The van der Waals surface area contributed by atoms with Gasteiger partial charge < -0.3 is 14.5 Å². The third kappa shape index (κ3) is 2.73. The smallest absolute Gasteiger partial charge is 0.296 e. The Morgan fingerprint density at radius 3 is 3.00 bits per heavy atom. The summed E-state index contributed by atoms with van der Waals surface area (Å²) in [5, 5.41) is 0. The fourth-order valence-corrected chi connectivity index (χ4v) is 1.56. The maximum Gasteiger partial charge on any atom is 0.296 e. The van der Waals surface area contributed by atoms with Gasteiger partial charge in [-0.15, -0.1) is 8.75 Å². The van der Waals surface area contributed by atoms with Gasteiger partial charge in [-0.2, -0.15) is 0 Å². The highest BCUT2D eigenvalue weighted by atomic mass is 32.1. The zero-order chi connectivity index (χ0) is 11.2. The Balaban J connectivity index is 1.96. The van der Waals surface area contributed by atoms with Crippen molar-refractivity contribution in [3.63, 3.8) is 0 Å². The molecule has 0 aromatic carbocycles. The van der Waals surface area contributed by atoms with Gasteiger partial charge in [0.15, 0.2) is 0 Å². The van der Waals surface area contributed by atoms with Crippen molar-refractivity contribution < 1.29 is 9.47 Å². The number of aromatic nitrogens is 3. The number of nitrogens with zero attached hydrogens (tertiary/aromatic N) is 2. The minimum atomic E-state index is 0.431. The molecule has 6 heteroatoms. The predicted molar refractivity (Wildman–Crippen MR) is 61.2 cm³/mol. The van der Waals surface area contributed by atoms with Crippen molar-refractivity contribution in [3.8, 4) is 17.5 Å². The lowest BCUT2D eigenvalue weighted by Crippen LogP contribution is -1.98. The monoisotopic (exact) mass is 239 g/mol. The summed E-state index contributed by atoms with van der Waals surface area (Å²) in [4.78, 5) is 2.90. The van der Waals surface area contributed by atoms with Crippen LogP contribution in [0.25, 0.3) is 0 Å². The van der Waals surface area contributed by atoms with E-state index in [1.165, 1.54) is 0 Å². The number of ether oxygens (including phenoxy) is 2. The van der Waals surface area contributed by atoms with Gasteiger partial charge in [-0.25, -0.2) is 0 Å². The molecule has 2 aromatic rings. The SMILES string of the molecule is CCCCOc1nsnc1Oc1cc[nH]c1. The highest BCUT2D eigenvalue weighted by Gasteiger charge is 2.11. The van der Waals surface area contributed by atoms with E-state index in [1.807, 2.05) is 6.07 Å². The van der Waals surface area contributed by atoms with Gasteiger partial charge in [-0.1, -0.05) is 13.3 Å². The molecule has 0 saturated carbocycles. The van der Waals surface area contributed by atoms with E-state index in [0.717, 1.165) is 24.6 Å². The third-order valence-corrected chi connectivity index (χ3v) is 2.45. The molecule has 0 radical (unpaired) electrons. The lowest BCUT2D eigenvalue weighted by atomic mass is 10.4. The number of H-pyrrole nitrogens is 1. The van der Waals surface area contributed by atoms with Gasteiger partial charge in [0.05, 0.1) is 18.3 Å². The molecule has 1 N–H and O–H groups in total. The van der Waals surface area contributed by atoms with E-state index in [0.29, 0.717) is 24.1 Å². The number of unbranched alkanes of at least 4 members (excludes halogenated alkanes) is 1. The summed E-state index contributed by atoms with van der Waals surface area (Å²) in [6.45, 7) is 2.76. The van der Waals surface area contributed by atoms with Gasteiger partial charge in [0.1, 0.15) is 5.75 Å². The van der Waals surface area contributed by atoms with Crippen LogP contribution in [0.5, 0.6) is 17.5 Å². The first-order valence-corrected chi connectivity index (χ1v) is 5.89. The summed E-state index contributed by atoms with van der Waals surface area (Å²) < 4.78 is 19.0. The number of hydrogen-bond donors (Lipinski definition) is 1. The lowest BCUT2D eigenvalue weighted by molar-refractivity contribution is 0.285. The number of hydrogen-bond acceptors (Lipinski definition) is 5. The summed E-state index contributed by atoms with van der Waals surface area (Å²) in [7, 11) is 0. The van der Waals surface area contributed by atoms with Crippen LogP contribution in [-0.4, -0.2) is 20.3 Å². The fourth-order valence-electron chi connectivity index (χ4n) is 1.12. The molecule has 0 fully saturated rings. The highest BCUT2D eigenvalue weighted by Crippen LogP contribution is 2.28. The van der Waals surface area contributed by atoms with Crippen LogP contribution in [0, 0.1) is 0 Å². The summed E-state index contributed by atoms with van der Waals surface area (Å²) >= 11 is 1.09. The average Bonchev–Trinajstić information content (AvgIpc) is 2.92. The Morgan fingerprint density at radius 2 is 2.25 bits per heavy atom. The van der Waals surface area contributed by atoms with E-state index in [9.17, 15) is 0 Å². The van der Waals surface area contributed by atoms with E-state index >= 15 is 0 Å². The molecule has 2 rings (SSSR count). The Hall–Kier alpha value is -1.56. The second kappa shape index (κ2) is 5.50. The molecule has 0 aliphatic heterocycles. The molecule has 5 nitrogen and oxygen atoms in total.